The molecular formula is C15H17BrClNS. The van der Waals surface area contributed by atoms with Gasteiger partial charge >= 0.3 is 0 Å². The largest absolute Gasteiger partial charge is 0.309 e. The van der Waals surface area contributed by atoms with Gasteiger partial charge in [-0.1, -0.05) is 30.7 Å². The Morgan fingerprint density at radius 1 is 1.37 bits per heavy atom. The predicted molar refractivity (Wildman–Crippen MR) is 88.2 cm³/mol. The summed E-state index contributed by atoms with van der Waals surface area (Å²) >= 11 is 11.5. The SMILES string of the molecule is CCCNC(Cc1cccc(Cl)c1)c1sccc1Br. The maximum absolute atomic E-state index is 6.06. The van der Waals surface area contributed by atoms with Crippen LogP contribution < -0.4 is 5.32 Å². The summed E-state index contributed by atoms with van der Waals surface area (Å²) in [4.78, 5) is 1.36. The van der Waals surface area contributed by atoms with Crippen molar-refractivity contribution in [3.8, 4) is 0 Å². The minimum Gasteiger partial charge on any atom is -0.309 e. The van der Waals surface area contributed by atoms with Gasteiger partial charge in [-0.3, -0.25) is 0 Å². The molecule has 1 nitrogen and oxygen atoms in total. The van der Waals surface area contributed by atoms with Crippen LogP contribution in [0.15, 0.2) is 40.2 Å². The highest BCUT2D eigenvalue weighted by atomic mass is 79.9. The molecule has 0 spiro atoms. The first-order chi connectivity index (χ1) is 9.20. The van der Waals surface area contributed by atoms with Crippen LogP contribution >= 0.6 is 38.9 Å². The molecule has 1 atom stereocenters. The van der Waals surface area contributed by atoms with Crippen molar-refractivity contribution in [3.05, 3.63) is 55.6 Å². The second kappa shape index (κ2) is 7.44. The van der Waals surface area contributed by atoms with Gasteiger partial charge in [-0.25, -0.2) is 0 Å². The van der Waals surface area contributed by atoms with Crippen LogP contribution in [0.4, 0.5) is 0 Å². The molecule has 0 aliphatic rings. The van der Waals surface area contributed by atoms with Crippen molar-refractivity contribution in [3.63, 3.8) is 0 Å². The van der Waals surface area contributed by atoms with Gasteiger partial charge in [-0.15, -0.1) is 11.3 Å². The van der Waals surface area contributed by atoms with E-state index >= 15 is 0 Å². The molecule has 0 radical (unpaired) electrons. The monoisotopic (exact) mass is 357 g/mol. The van der Waals surface area contributed by atoms with Crippen molar-refractivity contribution in [2.45, 2.75) is 25.8 Å². The van der Waals surface area contributed by atoms with Gasteiger partial charge in [0, 0.05) is 20.4 Å². The number of hydrogen-bond acceptors (Lipinski definition) is 2. The maximum atomic E-state index is 6.06. The zero-order chi connectivity index (χ0) is 13.7. The highest BCUT2D eigenvalue weighted by Gasteiger charge is 2.16. The summed E-state index contributed by atoms with van der Waals surface area (Å²) in [5.74, 6) is 0. The number of hydrogen-bond donors (Lipinski definition) is 1. The summed E-state index contributed by atoms with van der Waals surface area (Å²) in [5, 5.41) is 6.54. The normalized spacial score (nSPS) is 12.6. The van der Waals surface area contributed by atoms with Gasteiger partial charge in [-0.2, -0.15) is 0 Å². The maximum Gasteiger partial charge on any atom is 0.0467 e. The fraction of sp³-hybridized carbons (Fsp3) is 0.333. The highest BCUT2D eigenvalue weighted by Crippen LogP contribution is 2.31. The summed E-state index contributed by atoms with van der Waals surface area (Å²) in [7, 11) is 0. The molecule has 2 aromatic rings. The first-order valence-electron chi connectivity index (χ1n) is 6.41. The van der Waals surface area contributed by atoms with E-state index in [0.717, 1.165) is 24.4 Å². The van der Waals surface area contributed by atoms with E-state index in [2.05, 4.69) is 45.7 Å². The molecule has 1 N–H and O–H groups in total. The third-order valence-corrected chi connectivity index (χ3v) is 5.15. The first-order valence-corrected chi connectivity index (χ1v) is 8.46. The Balaban J connectivity index is 2.16. The molecule has 19 heavy (non-hydrogen) atoms. The lowest BCUT2D eigenvalue weighted by atomic mass is 10.0. The van der Waals surface area contributed by atoms with E-state index < -0.39 is 0 Å². The minimum atomic E-state index is 0.341. The molecule has 0 bridgehead atoms. The van der Waals surface area contributed by atoms with E-state index in [1.165, 1.54) is 14.9 Å². The standard InChI is InChI=1S/C15H17BrClNS/c1-2-7-18-14(15-13(16)6-8-19-15)10-11-4-3-5-12(17)9-11/h3-6,8-9,14,18H,2,7,10H2,1H3. The van der Waals surface area contributed by atoms with Gasteiger partial charge in [0.1, 0.15) is 0 Å². The van der Waals surface area contributed by atoms with Crippen LogP contribution in [0.1, 0.15) is 29.8 Å². The molecule has 1 aromatic heterocycles. The van der Waals surface area contributed by atoms with Crippen LogP contribution in [0.25, 0.3) is 0 Å². The van der Waals surface area contributed by atoms with Crippen LogP contribution in [-0.2, 0) is 6.42 Å². The Hall–Kier alpha value is -0.350. The Kier molecular flexibility index (Phi) is 5.89. The predicted octanol–water partition coefficient (Wildman–Crippen LogP) is 5.45. The lowest BCUT2D eigenvalue weighted by Gasteiger charge is -2.18. The smallest absolute Gasteiger partial charge is 0.0467 e. The lowest BCUT2D eigenvalue weighted by Crippen LogP contribution is -2.23. The van der Waals surface area contributed by atoms with E-state index in [-0.39, 0.29) is 0 Å². The van der Waals surface area contributed by atoms with Crippen molar-refractivity contribution in [1.29, 1.82) is 0 Å². The summed E-state index contributed by atoms with van der Waals surface area (Å²) in [6.45, 7) is 3.21. The van der Waals surface area contributed by atoms with Crippen molar-refractivity contribution in [1.82, 2.24) is 5.32 Å². The van der Waals surface area contributed by atoms with Crippen molar-refractivity contribution in [2.24, 2.45) is 0 Å². The third kappa shape index (κ3) is 4.32. The van der Waals surface area contributed by atoms with E-state index in [9.17, 15) is 0 Å². The van der Waals surface area contributed by atoms with Crippen molar-refractivity contribution < 1.29 is 0 Å². The number of halogens is 2. The van der Waals surface area contributed by atoms with Gasteiger partial charge in [0.05, 0.1) is 0 Å². The van der Waals surface area contributed by atoms with Gasteiger partial charge < -0.3 is 5.32 Å². The van der Waals surface area contributed by atoms with Crippen LogP contribution in [0.3, 0.4) is 0 Å². The summed E-state index contributed by atoms with van der Waals surface area (Å²) < 4.78 is 1.19. The third-order valence-electron chi connectivity index (χ3n) is 2.93. The van der Waals surface area contributed by atoms with Crippen LogP contribution in [-0.4, -0.2) is 6.54 Å². The zero-order valence-electron chi connectivity index (χ0n) is 10.8. The second-order valence-electron chi connectivity index (χ2n) is 4.47. The molecular weight excluding hydrogens is 342 g/mol. The van der Waals surface area contributed by atoms with Crippen molar-refractivity contribution >= 4 is 38.9 Å². The molecule has 2 rings (SSSR count). The van der Waals surface area contributed by atoms with E-state index in [1.54, 1.807) is 11.3 Å². The van der Waals surface area contributed by atoms with Gasteiger partial charge in [-0.05, 0) is 64.5 Å². The summed E-state index contributed by atoms with van der Waals surface area (Å²) in [6.07, 6.45) is 2.09. The topological polar surface area (TPSA) is 12.0 Å². The second-order valence-corrected chi connectivity index (χ2v) is 6.71. The molecule has 0 saturated carbocycles. The molecule has 0 fully saturated rings. The summed E-state index contributed by atoms with van der Waals surface area (Å²) in [6, 6.07) is 10.6. The minimum absolute atomic E-state index is 0.341. The average molecular weight is 359 g/mol. The molecule has 1 heterocycles. The van der Waals surface area contributed by atoms with Crippen LogP contribution in [0.2, 0.25) is 5.02 Å². The number of thiophene rings is 1. The van der Waals surface area contributed by atoms with Crippen molar-refractivity contribution in [2.75, 3.05) is 6.54 Å². The summed E-state index contributed by atoms with van der Waals surface area (Å²) in [5.41, 5.74) is 1.27. The number of rotatable bonds is 6. The molecule has 0 aliphatic heterocycles. The van der Waals surface area contributed by atoms with Gasteiger partial charge in [0.15, 0.2) is 0 Å². The molecule has 0 aliphatic carbocycles. The quantitative estimate of drug-likeness (QED) is 0.724. The molecule has 1 unspecified atom stereocenters. The van der Waals surface area contributed by atoms with Crippen LogP contribution in [0, 0.1) is 0 Å². The highest BCUT2D eigenvalue weighted by molar-refractivity contribution is 9.10. The van der Waals surface area contributed by atoms with Crippen LogP contribution in [0.5, 0.6) is 0 Å². The van der Waals surface area contributed by atoms with E-state index in [1.807, 2.05) is 18.2 Å². The Labute approximate surface area is 132 Å². The fourth-order valence-electron chi connectivity index (χ4n) is 2.03. The van der Waals surface area contributed by atoms with Gasteiger partial charge in [0.25, 0.3) is 0 Å². The Morgan fingerprint density at radius 3 is 2.84 bits per heavy atom. The zero-order valence-corrected chi connectivity index (χ0v) is 14.0. The fourth-order valence-corrected chi connectivity index (χ4v) is 3.97. The number of nitrogens with one attached hydrogen (secondary N) is 1. The number of benzene rings is 1. The average Bonchev–Trinajstić information content (AvgIpc) is 2.81. The Bertz CT molecular complexity index is 526. The van der Waals surface area contributed by atoms with Gasteiger partial charge in [0.2, 0.25) is 0 Å². The Morgan fingerprint density at radius 2 is 2.21 bits per heavy atom. The molecule has 102 valence electrons. The van der Waals surface area contributed by atoms with E-state index in [4.69, 9.17) is 11.6 Å². The molecule has 4 heteroatoms. The molecule has 0 saturated heterocycles. The first kappa shape index (κ1) is 15.0. The van der Waals surface area contributed by atoms with E-state index in [0.29, 0.717) is 6.04 Å². The molecule has 0 amide bonds. The lowest BCUT2D eigenvalue weighted by molar-refractivity contribution is 0.535. The molecule has 1 aromatic carbocycles.